The number of nitrogens with zero attached hydrogens (tertiary/aromatic N) is 2. The summed E-state index contributed by atoms with van der Waals surface area (Å²) in [6, 6.07) is 4.70. The zero-order valence-corrected chi connectivity index (χ0v) is 10.8. The van der Waals surface area contributed by atoms with Gasteiger partial charge in [-0.2, -0.15) is 0 Å². The van der Waals surface area contributed by atoms with Crippen LogP contribution in [0.1, 0.15) is 0 Å². The summed E-state index contributed by atoms with van der Waals surface area (Å²) < 4.78 is 26.2. The van der Waals surface area contributed by atoms with Crippen molar-refractivity contribution in [3.63, 3.8) is 0 Å². The molecule has 3 nitrogen and oxygen atoms in total. The van der Waals surface area contributed by atoms with Gasteiger partial charge in [-0.1, -0.05) is 23.4 Å². The minimum atomic E-state index is -0.699. The highest BCUT2D eigenvalue weighted by Gasteiger charge is 2.07. The summed E-state index contributed by atoms with van der Waals surface area (Å²) in [5.41, 5.74) is 0.123. The number of benzene rings is 1. The van der Waals surface area contributed by atoms with Gasteiger partial charge in [-0.25, -0.2) is 18.7 Å². The van der Waals surface area contributed by atoms with E-state index in [1.807, 2.05) is 0 Å². The van der Waals surface area contributed by atoms with Crippen molar-refractivity contribution >= 4 is 34.9 Å². The third-order valence-electron chi connectivity index (χ3n) is 2.05. The highest BCUT2D eigenvalue weighted by atomic mass is 35.5. The Morgan fingerprint density at radius 2 is 2.00 bits per heavy atom. The standard InChI is InChI=1S/C11H8ClF2N3S/c1-18-11-16-9(12)5-10(17-11)15-8-3-2-6(13)4-7(8)14/h2-5H,1H3,(H,15,16,17). The quantitative estimate of drug-likeness (QED) is 0.528. The Morgan fingerprint density at radius 1 is 1.22 bits per heavy atom. The predicted octanol–water partition coefficient (Wildman–Crippen LogP) is 3.87. The summed E-state index contributed by atoms with van der Waals surface area (Å²) in [5.74, 6) is -0.983. The van der Waals surface area contributed by atoms with Gasteiger partial charge in [0.25, 0.3) is 0 Å². The molecule has 0 aliphatic carbocycles. The molecule has 0 unspecified atom stereocenters. The molecular weight excluding hydrogens is 280 g/mol. The van der Waals surface area contributed by atoms with E-state index in [0.717, 1.165) is 12.1 Å². The third kappa shape index (κ3) is 3.08. The van der Waals surface area contributed by atoms with Gasteiger partial charge in [-0.3, -0.25) is 0 Å². The second kappa shape index (κ2) is 5.49. The van der Waals surface area contributed by atoms with Crippen LogP contribution < -0.4 is 5.32 Å². The van der Waals surface area contributed by atoms with Crippen molar-refractivity contribution in [2.24, 2.45) is 0 Å². The predicted molar refractivity (Wildman–Crippen MR) is 68.5 cm³/mol. The average molecular weight is 288 g/mol. The molecule has 0 atom stereocenters. The minimum Gasteiger partial charge on any atom is -0.338 e. The Morgan fingerprint density at radius 3 is 2.67 bits per heavy atom. The molecule has 7 heteroatoms. The molecule has 1 N–H and O–H groups in total. The van der Waals surface area contributed by atoms with E-state index in [9.17, 15) is 8.78 Å². The molecule has 94 valence electrons. The number of rotatable bonds is 3. The Balaban J connectivity index is 2.30. The van der Waals surface area contributed by atoms with Crippen LogP contribution in [0.5, 0.6) is 0 Å². The third-order valence-corrected chi connectivity index (χ3v) is 2.79. The van der Waals surface area contributed by atoms with Gasteiger partial charge in [0.15, 0.2) is 5.16 Å². The molecule has 0 aliphatic heterocycles. The molecule has 0 aliphatic rings. The highest BCUT2D eigenvalue weighted by Crippen LogP contribution is 2.22. The second-order valence-corrected chi connectivity index (χ2v) is 4.47. The largest absolute Gasteiger partial charge is 0.338 e. The van der Waals surface area contributed by atoms with Crippen molar-refractivity contribution in [2.75, 3.05) is 11.6 Å². The monoisotopic (exact) mass is 287 g/mol. The summed E-state index contributed by atoms with van der Waals surface area (Å²) in [6.45, 7) is 0. The molecule has 1 aromatic heterocycles. The molecule has 2 rings (SSSR count). The molecule has 1 heterocycles. The number of halogens is 3. The molecule has 0 spiro atoms. The van der Waals surface area contributed by atoms with Crippen LogP contribution in [0.15, 0.2) is 29.4 Å². The Bertz CT molecular complexity index is 580. The minimum absolute atomic E-state index is 0.123. The molecular formula is C11H8ClF2N3S. The molecule has 1 aromatic carbocycles. The van der Waals surface area contributed by atoms with Crippen molar-refractivity contribution in [1.82, 2.24) is 9.97 Å². The van der Waals surface area contributed by atoms with E-state index in [4.69, 9.17) is 11.6 Å². The van der Waals surface area contributed by atoms with E-state index in [1.54, 1.807) is 6.26 Å². The van der Waals surface area contributed by atoms with Crippen LogP contribution in [0.4, 0.5) is 20.3 Å². The maximum absolute atomic E-state index is 13.4. The fourth-order valence-corrected chi connectivity index (χ4v) is 1.89. The first-order chi connectivity index (χ1) is 8.58. The zero-order valence-electron chi connectivity index (χ0n) is 9.25. The van der Waals surface area contributed by atoms with Crippen LogP contribution in [0.3, 0.4) is 0 Å². The normalized spacial score (nSPS) is 10.4. The molecule has 0 radical (unpaired) electrons. The van der Waals surface area contributed by atoms with Gasteiger partial charge in [0, 0.05) is 12.1 Å². The smallest absolute Gasteiger partial charge is 0.190 e. The second-order valence-electron chi connectivity index (χ2n) is 3.31. The van der Waals surface area contributed by atoms with Crippen LogP contribution in [-0.4, -0.2) is 16.2 Å². The van der Waals surface area contributed by atoms with Gasteiger partial charge in [-0.15, -0.1) is 0 Å². The molecule has 0 amide bonds. The SMILES string of the molecule is CSc1nc(Cl)cc(Nc2ccc(F)cc2F)n1. The van der Waals surface area contributed by atoms with Crippen molar-refractivity contribution < 1.29 is 8.78 Å². The number of anilines is 2. The molecule has 0 saturated carbocycles. The van der Waals surface area contributed by atoms with Gasteiger partial charge < -0.3 is 5.32 Å². The van der Waals surface area contributed by atoms with E-state index >= 15 is 0 Å². The van der Waals surface area contributed by atoms with Gasteiger partial charge in [0.1, 0.15) is 22.6 Å². The average Bonchev–Trinajstić information content (AvgIpc) is 2.32. The number of hydrogen-bond donors (Lipinski definition) is 1. The summed E-state index contributed by atoms with van der Waals surface area (Å²) in [5, 5.41) is 3.44. The van der Waals surface area contributed by atoms with Crippen molar-refractivity contribution in [3.05, 3.63) is 41.1 Å². The zero-order chi connectivity index (χ0) is 13.1. The number of hydrogen-bond acceptors (Lipinski definition) is 4. The lowest BCUT2D eigenvalue weighted by atomic mass is 10.3. The number of thioether (sulfide) groups is 1. The molecule has 0 fully saturated rings. The van der Waals surface area contributed by atoms with Crippen LogP contribution in [0.25, 0.3) is 0 Å². The topological polar surface area (TPSA) is 37.8 Å². The van der Waals surface area contributed by atoms with Crippen molar-refractivity contribution in [3.8, 4) is 0 Å². The van der Waals surface area contributed by atoms with E-state index in [2.05, 4.69) is 15.3 Å². The first-order valence-corrected chi connectivity index (χ1v) is 6.49. The van der Waals surface area contributed by atoms with Gasteiger partial charge in [-0.05, 0) is 18.4 Å². The first-order valence-electron chi connectivity index (χ1n) is 4.89. The summed E-state index contributed by atoms with van der Waals surface area (Å²) in [4.78, 5) is 8.06. The van der Waals surface area contributed by atoms with Gasteiger partial charge in [0.2, 0.25) is 0 Å². The summed E-state index contributed by atoms with van der Waals surface area (Å²) in [7, 11) is 0. The number of aromatic nitrogens is 2. The number of nitrogens with one attached hydrogen (secondary N) is 1. The molecule has 0 saturated heterocycles. The summed E-state index contributed by atoms with van der Waals surface area (Å²) >= 11 is 7.12. The fourth-order valence-electron chi connectivity index (χ4n) is 1.28. The van der Waals surface area contributed by atoms with E-state index < -0.39 is 11.6 Å². The Hall–Kier alpha value is -1.40. The highest BCUT2D eigenvalue weighted by molar-refractivity contribution is 7.98. The van der Waals surface area contributed by atoms with Gasteiger partial charge in [0.05, 0.1) is 5.69 Å². The maximum atomic E-state index is 13.4. The fraction of sp³-hybridized carbons (Fsp3) is 0.0909. The van der Waals surface area contributed by atoms with Gasteiger partial charge >= 0.3 is 0 Å². The molecule has 2 aromatic rings. The first kappa shape index (κ1) is 13.0. The Kier molecular flexibility index (Phi) is 3.98. The summed E-state index contributed by atoms with van der Waals surface area (Å²) in [6.07, 6.45) is 1.80. The lowest BCUT2D eigenvalue weighted by Crippen LogP contribution is -1.99. The lowest BCUT2D eigenvalue weighted by molar-refractivity contribution is 0.586. The maximum Gasteiger partial charge on any atom is 0.190 e. The van der Waals surface area contributed by atoms with Crippen LogP contribution in [0, 0.1) is 11.6 Å². The van der Waals surface area contributed by atoms with Crippen LogP contribution >= 0.6 is 23.4 Å². The molecule has 0 bridgehead atoms. The van der Waals surface area contributed by atoms with Crippen LogP contribution in [-0.2, 0) is 0 Å². The lowest BCUT2D eigenvalue weighted by Gasteiger charge is -2.07. The van der Waals surface area contributed by atoms with E-state index in [0.29, 0.717) is 11.0 Å². The van der Waals surface area contributed by atoms with E-state index in [-0.39, 0.29) is 10.8 Å². The Labute approximate surface area is 112 Å². The van der Waals surface area contributed by atoms with Crippen molar-refractivity contribution in [1.29, 1.82) is 0 Å². The van der Waals surface area contributed by atoms with Crippen molar-refractivity contribution in [2.45, 2.75) is 5.16 Å². The van der Waals surface area contributed by atoms with Crippen LogP contribution in [0.2, 0.25) is 5.15 Å². The van der Waals surface area contributed by atoms with E-state index in [1.165, 1.54) is 23.9 Å². The molecule has 18 heavy (non-hydrogen) atoms.